The lowest BCUT2D eigenvalue weighted by Gasteiger charge is -2.14. The van der Waals surface area contributed by atoms with Crippen LogP contribution in [0.4, 0.5) is 4.39 Å². The zero-order valence-electron chi connectivity index (χ0n) is 13.8. The van der Waals surface area contributed by atoms with Gasteiger partial charge in [-0.15, -0.1) is 11.8 Å². The van der Waals surface area contributed by atoms with Crippen LogP contribution >= 0.6 is 11.8 Å². The highest BCUT2D eigenvalue weighted by Crippen LogP contribution is 2.37. The lowest BCUT2D eigenvalue weighted by atomic mass is 10.1. The molecule has 2 rings (SSSR count). The maximum Gasteiger partial charge on any atom is 0.267 e. The minimum absolute atomic E-state index is 0.188. The van der Waals surface area contributed by atoms with E-state index in [2.05, 4.69) is 6.92 Å². The smallest absolute Gasteiger partial charge is 0.267 e. The van der Waals surface area contributed by atoms with Crippen molar-refractivity contribution < 1.29 is 14.0 Å². The molecule has 0 atom stereocenters. The van der Waals surface area contributed by atoms with Crippen molar-refractivity contribution in [3.8, 4) is 0 Å². The van der Waals surface area contributed by atoms with E-state index in [0.29, 0.717) is 22.6 Å². The summed E-state index contributed by atoms with van der Waals surface area (Å²) >= 11 is 1.40. The van der Waals surface area contributed by atoms with Crippen molar-refractivity contribution in [3.05, 3.63) is 40.6 Å². The van der Waals surface area contributed by atoms with Crippen molar-refractivity contribution in [1.82, 2.24) is 4.90 Å². The Morgan fingerprint density at radius 3 is 2.30 bits per heavy atom. The van der Waals surface area contributed by atoms with Gasteiger partial charge in [0.1, 0.15) is 5.82 Å². The monoisotopic (exact) mass is 335 g/mol. The molecule has 0 N–H and O–H groups in total. The predicted octanol–water partition coefficient (Wildman–Crippen LogP) is 4.24. The van der Waals surface area contributed by atoms with Gasteiger partial charge in [0.05, 0.1) is 10.5 Å². The van der Waals surface area contributed by atoms with E-state index in [1.165, 1.54) is 28.8 Å². The average molecular weight is 335 g/mol. The van der Waals surface area contributed by atoms with Crippen molar-refractivity contribution in [2.75, 3.05) is 6.54 Å². The molecule has 1 aliphatic heterocycles. The lowest BCUT2D eigenvalue weighted by Crippen LogP contribution is -2.32. The lowest BCUT2D eigenvalue weighted by molar-refractivity contribution is -0.136. The fourth-order valence-electron chi connectivity index (χ4n) is 2.49. The highest BCUT2D eigenvalue weighted by atomic mass is 32.2. The molecule has 0 fully saturated rings. The minimum Gasteiger partial charge on any atom is -0.274 e. The SMILES string of the molecule is CCCCCN1C(=O)C(SC(C)C)=C(c2ccc(F)cc2)C1=O. The predicted molar refractivity (Wildman–Crippen MR) is 92.3 cm³/mol. The number of thioether (sulfide) groups is 1. The number of carbonyl (C=O) groups excluding carboxylic acids is 2. The topological polar surface area (TPSA) is 37.4 Å². The van der Waals surface area contributed by atoms with E-state index in [-0.39, 0.29) is 22.9 Å². The Labute approximate surface area is 140 Å². The molecule has 0 unspecified atom stereocenters. The second-order valence-corrected chi connectivity index (χ2v) is 7.43. The van der Waals surface area contributed by atoms with E-state index in [1.807, 2.05) is 13.8 Å². The van der Waals surface area contributed by atoms with Gasteiger partial charge in [0.2, 0.25) is 0 Å². The van der Waals surface area contributed by atoms with Crippen LogP contribution < -0.4 is 0 Å². The molecule has 1 heterocycles. The zero-order valence-corrected chi connectivity index (χ0v) is 14.6. The number of benzene rings is 1. The molecule has 1 aromatic carbocycles. The Morgan fingerprint density at radius 1 is 1.09 bits per heavy atom. The molecular formula is C18H22FNO2S. The van der Waals surface area contributed by atoms with Gasteiger partial charge in [-0.2, -0.15) is 0 Å². The standard InChI is InChI=1S/C18H22FNO2S/c1-4-5-6-11-20-17(21)15(13-7-9-14(19)10-8-13)16(18(20)22)23-12(2)3/h7-10,12H,4-6,11H2,1-3H3. The number of carbonyl (C=O) groups is 2. The molecule has 124 valence electrons. The Kier molecular flexibility index (Phi) is 5.99. The molecule has 0 aromatic heterocycles. The second kappa shape index (κ2) is 7.77. The number of imide groups is 1. The van der Waals surface area contributed by atoms with Gasteiger partial charge in [-0.1, -0.05) is 45.7 Å². The van der Waals surface area contributed by atoms with Crippen molar-refractivity contribution in [3.63, 3.8) is 0 Å². The molecule has 5 heteroatoms. The van der Waals surface area contributed by atoms with Gasteiger partial charge in [0.15, 0.2) is 0 Å². The number of hydrogen-bond donors (Lipinski definition) is 0. The molecule has 1 aliphatic rings. The Morgan fingerprint density at radius 2 is 1.74 bits per heavy atom. The average Bonchev–Trinajstić information content (AvgIpc) is 2.72. The summed E-state index contributed by atoms with van der Waals surface area (Å²) in [6, 6.07) is 5.76. The van der Waals surface area contributed by atoms with Crippen LogP contribution in [0.25, 0.3) is 5.57 Å². The number of amides is 2. The zero-order chi connectivity index (χ0) is 17.0. The van der Waals surface area contributed by atoms with Crippen LogP contribution in [0.3, 0.4) is 0 Å². The number of hydrogen-bond acceptors (Lipinski definition) is 3. The van der Waals surface area contributed by atoms with E-state index >= 15 is 0 Å². The molecule has 0 aliphatic carbocycles. The molecule has 23 heavy (non-hydrogen) atoms. The van der Waals surface area contributed by atoms with Crippen molar-refractivity contribution >= 4 is 29.1 Å². The fourth-order valence-corrected chi connectivity index (χ4v) is 3.50. The summed E-state index contributed by atoms with van der Waals surface area (Å²) in [5, 5.41) is 0.188. The van der Waals surface area contributed by atoms with E-state index in [9.17, 15) is 14.0 Å². The molecular weight excluding hydrogens is 313 g/mol. The normalized spacial score (nSPS) is 15.3. The summed E-state index contributed by atoms with van der Waals surface area (Å²) in [7, 11) is 0. The van der Waals surface area contributed by atoms with Crippen LogP contribution in [0.1, 0.15) is 45.6 Å². The van der Waals surface area contributed by atoms with E-state index < -0.39 is 0 Å². The van der Waals surface area contributed by atoms with Gasteiger partial charge in [-0.05, 0) is 24.1 Å². The van der Waals surface area contributed by atoms with Gasteiger partial charge >= 0.3 is 0 Å². The van der Waals surface area contributed by atoms with Gasteiger partial charge < -0.3 is 0 Å². The highest BCUT2D eigenvalue weighted by molar-refractivity contribution is 8.04. The third-order valence-electron chi connectivity index (χ3n) is 3.60. The molecule has 0 saturated heterocycles. The molecule has 2 amide bonds. The third-order valence-corrected chi connectivity index (χ3v) is 4.68. The first-order chi connectivity index (χ1) is 11.0. The summed E-state index contributed by atoms with van der Waals surface area (Å²) in [4.78, 5) is 27.2. The first-order valence-electron chi connectivity index (χ1n) is 7.98. The fraction of sp³-hybridized carbons (Fsp3) is 0.444. The van der Waals surface area contributed by atoms with Crippen LogP contribution in [0.15, 0.2) is 29.2 Å². The summed E-state index contributed by atoms with van der Waals surface area (Å²) in [6.45, 7) is 6.49. The van der Waals surface area contributed by atoms with Crippen molar-refractivity contribution in [2.45, 2.75) is 45.3 Å². The van der Waals surface area contributed by atoms with Crippen LogP contribution in [-0.4, -0.2) is 28.5 Å². The Bertz CT molecular complexity index is 622. The first-order valence-corrected chi connectivity index (χ1v) is 8.86. The van der Waals surface area contributed by atoms with Crippen molar-refractivity contribution in [1.29, 1.82) is 0 Å². The van der Waals surface area contributed by atoms with E-state index in [1.54, 1.807) is 12.1 Å². The Hall–Kier alpha value is -1.62. The van der Waals surface area contributed by atoms with Gasteiger partial charge in [-0.3, -0.25) is 14.5 Å². The number of unbranched alkanes of at least 4 members (excludes halogenated alkanes) is 2. The van der Waals surface area contributed by atoms with Crippen LogP contribution in [0.2, 0.25) is 0 Å². The Balaban J connectivity index is 2.35. The molecule has 3 nitrogen and oxygen atoms in total. The molecule has 0 bridgehead atoms. The second-order valence-electron chi connectivity index (χ2n) is 5.85. The van der Waals surface area contributed by atoms with Gasteiger partial charge in [-0.25, -0.2) is 4.39 Å². The van der Waals surface area contributed by atoms with Crippen molar-refractivity contribution in [2.24, 2.45) is 0 Å². The number of nitrogens with zero attached hydrogens (tertiary/aromatic N) is 1. The maximum atomic E-state index is 13.2. The molecule has 0 radical (unpaired) electrons. The molecule has 0 spiro atoms. The van der Waals surface area contributed by atoms with Gasteiger partial charge in [0, 0.05) is 11.8 Å². The summed E-state index contributed by atoms with van der Waals surface area (Å²) in [6.07, 6.45) is 2.82. The minimum atomic E-state index is -0.357. The van der Waals surface area contributed by atoms with Crippen LogP contribution in [-0.2, 0) is 9.59 Å². The third kappa shape index (κ3) is 4.02. The van der Waals surface area contributed by atoms with Crippen LogP contribution in [0.5, 0.6) is 0 Å². The maximum absolute atomic E-state index is 13.2. The van der Waals surface area contributed by atoms with Gasteiger partial charge in [0.25, 0.3) is 11.8 Å². The summed E-state index contributed by atoms with van der Waals surface area (Å²) < 4.78 is 13.2. The largest absolute Gasteiger partial charge is 0.274 e. The summed E-state index contributed by atoms with van der Waals surface area (Å²) in [5.41, 5.74) is 1.01. The number of halogens is 1. The quantitative estimate of drug-likeness (QED) is 0.552. The highest BCUT2D eigenvalue weighted by Gasteiger charge is 2.39. The van der Waals surface area contributed by atoms with Crippen LogP contribution in [0, 0.1) is 5.82 Å². The molecule has 0 saturated carbocycles. The van der Waals surface area contributed by atoms with E-state index in [0.717, 1.165) is 19.3 Å². The number of rotatable bonds is 7. The van der Waals surface area contributed by atoms with E-state index in [4.69, 9.17) is 0 Å². The summed E-state index contributed by atoms with van der Waals surface area (Å²) in [5.74, 6) is -0.839. The molecule has 1 aromatic rings. The first kappa shape index (κ1) is 17.7.